The molecule has 0 saturated carbocycles. The van der Waals surface area contributed by atoms with Gasteiger partial charge in [-0.15, -0.1) is 0 Å². The van der Waals surface area contributed by atoms with Gasteiger partial charge in [-0.05, 0) is 50.3 Å². The van der Waals surface area contributed by atoms with Gasteiger partial charge in [-0.1, -0.05) is 30.3 Å². The molecule has 0 spiro atoms. The third-order valence-electron chi connectivity index (χ3n) is 3.68. The number of aromatic nitrogens is 1. The first-order valence-electron chi connectivity index (χ1n) is 6.56. The Morgan fingerprint density at radius 1 is 1.06 bits per heavy atom. The molecule has 88 valence electrons. The predicted octanol–water partition coefficient (Wildman–Crippen LogP) is 4.22. The molecule has 1 aliphatic carbocycles. The Balaban J connectivity index is 2.18. The van der Waals surface area contributed by atoms with E-state index in [1.54, 1.807) is 11.3 Å². The molecule has 17 heavy (non-hydrogen) atoms. The van der Waals surface area contributed by atoms with Crippen LogP contribution in [0.3, 0.4) is 0 Å². The molecule has 0 radical (unpaired) electrons. The number of hydrogen-bond donors (Lipinski definition) is 0. The zero-order valence-corrected chi connectivity index (χ0v) is 10.6. The maximum atomic E-state index is 2.53. The van der Waals surface area contributed by atoms with E-state index in [1.165, 1.54) is 30.5 Å². The van der Waals surface area contributed by atoms with Gasteiger partial charge in [0.05, 0.1) is 0 Å². The SMILES string of the molecule is CC(C)n1c(-c2ccccc2)cc2c1CCC2. The lowest BCUT2D eigenvalue weighted by Crippen LogP contribution is -2.06. The van der Waals surface area contributed by atoms with E-state index in [9.17, 15) is 0 Å². The van der Waals surface area contributed by atoms with Crippen molar-refractivity contribution in [2.45, 2.75) is 39.2 Å². The molecule has 1 aromatic carbocycles. The summed E-state index contributed by atoms with van der Waals surface area (Å²) < 4.78 is 2.53. The highest BCUT2D eigenvalue weighted by atomic mass is 15.0. The molecular weight excluding hydrogens is 206 g/mol. The van der Waals surface area contributed by atoms with Crippen molar-refractivity contribution in [1.82, 2.24) is 4.57 Å². The smallest absolute Gasteiger partial charge is 0.0487 e. The number of nitrogens with zero attached hydrogens (tertiary/aromatic N) is 1. The zero-order chi connectivity index (χ0) is 11.8. The molecule has 0 unspecified atom stereocenters. The third-order valence-corrected chi connectivity index (χ3v) is 3.68. The average molecular weight is 225 g/mol. The summed E-state index contributed by atoms with van der Waals surface area (Å²) in [5.74, 6) is 0. The number of aryl methyl sites for hydroxylation is 1. The maximum absolute atomic E-state index is 2.53. The minimum Gasteiger partial charge on any atom is -0.342 e. The van der Waals surface area contributed by atoms with Crippen LogP contribution in [0.5, 0.6) is 0 Å². The highest BCUT2D eigenvalue weighted by Crippen LogP contribution is 2.34. The van der Waals surface area contributed by atoms with E-state index in [1.807, 2.05) is 0 Å². The van der Waals surface area contributed by atoms with Gasteiger partial charge in [0.25, 0.3) is 0 Å². The Labute approximate surface area is 103 Å². The van der Waals surface area contributed by atoms with E-state index in [0.29, 0.717) is 6.04 Å². The van der Waals surface area contributed by atoms with Crippen LogP contribution in [-0.4, -0.2) is 4.57 Å². The Bertz CT molecular complexity index is 520. The molecule has 0 N–H and O–H groups in total. The fourth-order valence-electron chi connectivity index (χ4n) is 2.98. The van der Waals surface area contributed by atoms with Crippen molar-refractivity contribution >= 4 is 0 Å². The molecule has 0 fully saturated rings. The molecule has 3 rings (SSSR count). The normalized spacial score (nSPS) is 14.3. The summed E-state index contributed by atoms with van der Waals surface area (Å²) in [4.78, 5) is 0. The lowest BCUT2D eigenvalue weighted by molar-refractivity contribution is 0.584. The van der Waals surface area contributed by atoms with E-state index < -0.39 is 0 Å². The lowest BCUT2D eigenvalue weighted by atomic mass is 10.1. The predicted molar refractivity (Wildman–Crippen MR) is 72.3 cm³/mol. The van der Waals surface area contributed by atoms with Gasteiger partial charge in [-0.3, -0.25) is 0 Å². The second kappa shape index (κ2) is 4.06. The number of fused-ring (bicyclic) bond motifs is 1. The summed E-state index contributed by atoms with van der Waals surface area (Å²) in [6, 6.07) is 13.7. The molecule has 0 aliphatic heterocycles. The third kappa shape index (κ3) is 1.70. The summed E-state index contributed by atoms with van der Waals surface area (Å²) in [5, 5.41) is 0. The standard InChI is InChI=1S/C16H19N/c1-12(2)17-15-10-6-9-14(15)11-16(17)13-7-4-3-5-8-13/h3-5,7-8,11-12H,6,9-10H2,1-2H3. The Morgan fingerprint density at radius 3 is 2.53 bits per heavy atom. The van der Waals surface area contributed by atoms with Gasteiger partial charge in [-0.2, -0.15) is 0 Å². The van der Waals surface area contributed by atoms with Crippen LogP contribution in [0.15, 0.2) is 36.4 Å². The van der Waals surface area contributed by atoms with Gasteiger partial charge in [0, 0.05) is 17.4 Å². The first-order valence-corrected chi connectivity index (χ1v) is 6.56. The number of benzene rings is 1. The van der Waals surface area contributed by atoms with E-state index in [4.69, 9.17) is 0 Å². The minimum atomic E-state index is 0.548. The first-order chi connectivity index (χ1) is 8.27. The van der Waals surface area contributed by atoms with Crippen molar-refractivity contribution in [3.63, 3.8) is 0 Å². The molecule has 1 aliphatic rings. The highest BCUT2D eigenvalue weighted by Gasteiger charge is 2.21. The van der Waals surface area contributed by atoms with Crippen molar-refractivity contribution in [2.75, 3.05) is 0 Å². The largest absolute Gasteiger partial charge is 0.342 e. The second-order valence-corrected chi connectivity index (χ2v) is 5.18. The van der Waals surface area contributed by atoms with Crippen LogP contribution in [0.25, 0.3) is 11.3 Å². The van der Waals surface area contributed by atoms with Gasteiger partial charge >= 0.3 is 0 Å². The van der Waals surface area contributed by atoms with E-state index in [0.717, 1.165) is 0 Å². The molecule has 0 saturated heterocycles. The van der Waals surface area contributed by atoms with Crippen LogP contribution in [0, 0.1) is 0 Å². The molecule has 1 heteroatoms. The van der Waals surface area contributed by atoms with Crippen molar-refractivity contribution < 1.29 is 0 Å². The topological polar surface area (TPSA) is 4.93 Å². The van der Waals surface area contributed by atoms with Crippen molar-refractivity contribution in [1.29, 1.82) is 0 Å². The molecule has 1 nitrogen and oxygen atoms in total. The first kappa shape index (κ1) is 10.6. The van der Waals surface area contributed by atoms with Crippen LogP contribution in [0.2, 0.25) is 0 Å². The van der Waals surface area contributed by atoms with Crippen LogP contribution >= 0.6 is 0 Å². The molecule has 0 atom stereocenters. The van der Waals surface area contributed by atoms with E-state index in [2.05, 4.69) is 54.8 Å². The Hall–Kier alpha value is -1.50. The van der Waals surface area contributed by atoms with Crippen LogP contribution in [0.1, 0.15) is 37.6 Å². The van der Waals surface area contributed by atoms with Gasteiger partial charge in [0.1, 0.15) is 0 Å². The quantitative estimate of drug-likeness (QED) is 0.721. The van der Waals surface area contributed by atoms with Crippen molar-refractivity contribution in [3.05, 3.63) is 47.7 Å². The zero-order valence-electron chi connectivity index (χ0n) is 10.6. The second-order valence-electron chi connectivity index (χ2n) is 5.18. The van der Waals surface area contributed by atoms with Crippen LogP contribution < -0.4 is 0 Å². The minimum absolute atomic E-state index is 0.548. The summed E-state index contributed by atoms with van der Waals surface area (Å²) in [6.07, 6.45) is 3.84. The van der Waals surface area contributed by atoms with Crippen LogP contribution in [0.4, 0.5) is 0 Å². The lowest BCUT2D eigenvalue weighted by Gasteiger charge is -2.16. The average Bonchev–Trinajstić information content (AvgIpc) is 2.88. The summed E-state index contributed by atoms with van der Waals surface area (Å²) in [7, 11) is 0. The summed E-state index contributed by atoms with van der Waals surface area (Å²) in [5.41, 5.74) is 5.87. The Kier molecular flexibility index (Phi) is 2.54. The number of hydrogen-bond acceptors (Lipinski definition) is 0. The monoisotopic (exact) mass is 225 g/mol. The molecule has 0 bridgehead atoms. The van der Waals surface area contributed by atoms with Crippen LogP contribution in [-0.2, 0) is 12.8 Å². The molecule has 2 aromatic rings. The van der Waals surface area contributed by atoms with Crippen molar-refractivity contribution in [2.24, 2.45) is 0 Å². The number of rotatable bonds is 2. The maximum Gasteiger partial charge on any atom is 0.0487 e. The Morgan fingerprint density at radius 2 is 1.82 bits per heavy atom. The summed E-state index contributed by atoms with van der Waals surface area (Å²) in [6.45, 7) is 4.57. The molecule has 1 aromatic heterocycles. The molecular formula is C16H19N. The van der Waals surface area contributed by atoms with Gasteiger partial charge < -0.3 is 4.57 Å². The van der Waals surface area contributed by atoms with Gasteiger partial charge in [-0.25, -0.2) is 0 Å². The van der Waals surface area contributed by atoms with E-state index in [-0.39, 0.29) is 0 Å². The van der Waals surface area contributed by atoms with Gasteiger partial charge in [0.2, 0.25) is 0 Å². The van der Waals surface area contributed by atoms with Crippen molar-refractivity contribution in [3.8, 4) is 11.3 Å². The fourth-order valence-corrected chi connectivity index (χ4v) is 2.98. The van der Waals surface area contributed by atoms with Gasteiger partial charge in [0.15, 0.2) is 0 Å². The van der Waals surface area contributed by atoms with E-state index >= 15 is 0 Å². The molecule has 1 heterocycles. The summed E-state index contributed by atoms with van der Waals surface area (Å²) >= 11 is 0. The highest BCUT2D eigenvalue weighted by molar-refractivity contribution is 5.63. The fraction of sp³-hybridized carbons (Fsp3) is 0.375. The molecule has 0 amide bonds.